The van der Waals surface area contributed by atoms with Crippen LogP contribution >= 0.6 is 34.4 Å². The summed E-state index contributed by atoms with van der Waals surface area (Å²) in [5, 5.41) is 2.80. The summed E-state index contributed by atoms with van der Waals surface area (Å²) < 4.78 is 11.4. The molecule has 1 aliphatic rings. The minimum atomic E-state index is -0.376. The third-order valence-corrected chi connectivity index (χ3v) is 4.36. The first-order valence-electron chi connectivity index (χ1n) is 6.16. The molecule has 1 aromatic carbocycles. The molecule has 8 heteroatoms. The van der Waals surface area contributed by atoms with Crippen molar-refractivity contribution < 1.29 is 19.1 Å². The van der Waals surface area contributed by atoms with Crippen LogP contribution in [0, 0.1) is 3.57 Å². The summed E-state index contributed by atoms with van der Waals surface area (Å²) in [6, 6.07) is 3.65. The lowest BCUT2D eigenvalue weighted by Crippen LogP contribution is -2.23. The second-order valence-corrected chi connectivity index (χ2v) is 6.45. The van der Waals surface area contributed by atoms with E-state index in [0.29, 0.717) is 21.6 Å². The average molecular weight is 432 g/mol. The van der Waals surface area contributed by atoms with Crippen molar-refractivity contribution in [1.29, 1.82) is 0 Å². The predicted molar refractivity (Wildman–Crippen MR) is 94.1 cm³/mol. The third-order valence-electron chi connectivity index (χ3n) is 2.66. The molecule has 2 amide bonds. The molecule has 0 aliphatic carbocycles. The van der Waals surface area contributed by atoms with Gasteiger partial charge in [0.1, 0.15) is 0 Å². The van der Waals surface area contributed by atoms with E-state index in [1.54, 1.807) is 26.4 Å². The summed E-state index contributed by atoms with van der Waals surface area (Å²) in [6.45, 7) is 1.37. The van der Waals surface area contributed by atoms with Crippen LogP contribution in [-0.2, 0) is 9.59 Å². The van der Waals surface area contributed by atoms with Gasteiger partial charge in [0.2, 0.25) is 5.91 Å². The van der Waals surface area contributed by atoms with Crippen LogP contribution in [0.3, 0.4) is 0 Å². The van der Waals surface area contributed by atoms with E-state index in [4.69, 9.17) is 9.47 Å². The molecule has 1 heterocycles. The number of ether oxygens (including phenoxy) is 2. The van der Waals surface area contributed by atoms with E-state index in [2.05, 4.69) is 32.9 Å². The highest BCUT2D eigenvalue weighted by Gasteiger charge is 2.22. The Morgan fingerprint density at radius 1 is 1.36 bits per heavy atom. The zero-order valence-corrected chi connectivity index (χ0v) is 15.1. The van der Waals surface area contributed by atoms with E-state index in [1.807, 2.05) is 6.07 Å². The number of halogens is 1. The van der Waals surface area contributed by atoms with Crippen molar-refractivity contribution in [2.45, 2.75) is 6.92 Å². The number of carbonyl (C=O) groups excluding carboxylic acids is 2. The van der Waals surface area contributed by atoms with Gasteiger partial charge >= 0.3 is 0 Å². The second kappa shape index (κ2) is 7.14. The Kier molecular flexibility index (Phi) is 5.46. The number of nitrogens with zero attached hydrogens (tertiary/aromatic N) is 1. The first-order chi connectivity index (χ1) is 10.4. The Hall–Kier alpha value is -1.55. The molecule has 0 atom stereocenters. The van der Waals surface area contributed by atoms with E-state index >= 15 is 0 Å². The summed E-state index contributed by atoms with van der Waals surface area (Å²) >= 11 is 3.26. The van der Waals surface area contributed by atoms with Crippen LogP contribution in [-0.4, -0.2) is 31.2 Å². The van der Waals surface area contributed by atoms with E-state index in [9.17, 15) is 9.59 Å². The monoisotopic (exact) mass is 432 g/mol. The molecule has 2 rings (SSSR count). The molecule has 0 bridgehead atoms. The van der Waals surface area contributed by atoms with Gasteiger partial charge in [-0.05, 0) is 58.1 Å². The molecule has 22 heavy (non-hydrogen) atoms. The van der Waals surface area contributed by atoms with Crippen LogP contribution in [0.25, 0.3) is 6.08 Å². The number of amidine groups is 1. The van der Waals surface area contributed by atoms with Gasteiger partial charge in [-0.15, -0.1) is 0 Å². The Labute approximate surface area is 145 Å². The molecule has 0 aromatic heterocycles. The van der Waals surface area contributed by atoms with Gasteiger partial charge in [-0.25, -0.2) is 0 Å². The van der Waals surface area contributed by atoms with Crippen molar-refractivity contribution in [3.63, 3.8) is 0 Å². The standard InChI is InChI=1S/C14H13IN2O4S/c1-7(18)16-14-17-13(19)11(22-14)6-8-4-9(15)12(21-3)10(5-8)20-2/h4-6H,1-3H3,(H,16,17,18,19)/b11-6+. The lowest BCUT2D eigenvalue weighted by molar-refractivity contribution is -0.117. The summed E-state index contributed by atoms with van der Waals surface area (Å²) in [6.07, 6.45) is 1.70. The summed E-state index contributed by atoms with van der Waals surface area (Å²) in [4.78, 5) is 27.1. The zero-order valence-electron chi connectivity index (χ0n) is 12.1. The van der Waals surface area contributed by atoms with Gasteiger partial charge in [0.25, 0.3) is 5.91 Å². The second-order valence-electron chi connectivity index (χ2n) is 4.25. The molecule has 0 saturated heterocycles. The number of aliphatic imine (C=N–C) groups is 1. The van der Waals surface area contributed by atoms with Crippen molar-refractivity contribution in [3.05, 3.63) is 26.2 Å². The number of hydrogen-bond acceptors (Lipinski definition) is 5. The molecule has 0 saturated carbocycles. The van der Waals surface area contributed by atoms with Gasteiger partial charge in [-0.3, -0.25) is 9.59 Å². The fourth-order valence-electron chi connectivity index (χ4n) is 1.79. The van der Waals surface area contributed by atoms with Crippen LogP contribution in [0.1, 0.15) is 12.5 Å². The normalized spacial score (nSPS) is 15.7. The largest absolute Gasteiger partial charge is 0.493 e. The molecule has 1 N–H and O–H groups in total. The molecule has 0 spiro atoms. The van der Waals surface area contributed by atoms with Gasteiger partial charge in [0.05, 0.1) is 22.7 Å². The fraction of sp³-hybridized carbons (Fsp3) is 0.214. The molecule has 0 unspecified atom stereocenters. The lowest BCUT2D eigenvalue weighted by atomic mass is 10.2. The maximum Gasteiger partial charge on any atom is 0.286 e. The van der Waals surface area contributed by atoms with Crippen molar-refractivity contribution in [2.75, 3.05) is 14.2 Å². The fourth-order valence-corrected chi connectivity index (χ4v) is 3.49. The van der Waals surface area contributed by atoms with E-state index in [1.165, 1.54) is 6.92 Å². The van der Waals surface area contributed by atoms with Gasteiger partial charge < -0.3 is 14.8 Å². The summed E-state index contributed by atoms with van der Waals surface area (Å²) in [5.41, 5.74) is 0.789. The number of amides is 2. The number of nitrogens with one attached hydrogen (secondary N) is 1. The number of rotatable bonds is 3. The van der Waals surface area contributed by atoms with Crippen LogP contribution in [0.15, 0.2) is 22.0 Å². The van der Waals surface area contributed by atoms with E-state index in [0.717, 1.165) is 20.9 Å². The zero-order chi connectivity index (χ0) is 16.3. The quantitative estimate of drug-likeness (QED) is 0.587. The Morgan fingerprint density at radius 3 is 2.68 bits per heavy atom. The van der Waals surface area contributed by atoms with Crippen molar-refractivity contribution in [1.82, 2.24) is 5.32 Å². The Bertz CT molecular complexity index is 700. The van der Waals surface area contributed by atoms with Gasteiger partial charge in [-0.1, -0.05) is 0 Å². The first-order valence-corrected chi connectivity index (χ1v) is 8.05. The molecule has 0 fully saturated rings. The molecule has 0 radical (unpaired) electrons. The highest BCUT2D eigenvalue weighted by molar-refractivity contribution is 14.1. The molecule has 6 nitrogen and oxygen atoms in total. The SMILES string of the molecule is COc1cc(/C=C2/SC(NC(C)=O)=NC2=O)cc(I)c1OC. The van der Waals surface area contributed by atoms with Gasteiger partial charge in [0.15, 0.2) is 16.7 Å². The topological polar surface area (TPSA) is 77.0 Å². The molecule has 1 aromatic rings. The van der Waals surface area contributed by atoms with Gasteiger partial charge in [0, 0.05) is 6.92 Å². The number of methoxy groups -OCH3 is 2. The van der Waals surface area contributed by atoms with Crippen LogP contribution in [0.5, 0.6) is 11.5 Å². The van der Waals surface area contributed by atoms with Crippen molar-refractivity contribution in [2.24, 2.45) is 4.99 Å². The highest BCUT2D eigenvalue weighted by atomic mass is 127. The predicted octanol–water partition coefficient (Wildman–Crippen LogP) is 2.41. The Balaban J connectivity index is 2.29. The van der Waals surface area contributed by atoms with Gasteiger partial charge in [-0.2, -0.15) is 4.99 Å². The van der Waals surface area contributed by atoms with Crippen molar-refractivity contribution >= 4 is 57.4 Å². The number of thioether (sulfide) groups is 1. The maximum atomic E-state index is 11.8. The molecular weight excluding hydrogens is 419 g/mol. The smallest absolute Gasteiger partial charge is 0.286 e. The minimum absolute atomic E-state index is 0.263. The van der Waals surface area contributed by atoms with E-state index in [-0.39, 0.29) is 11.8 Å². The lowest BCUT2D eigenvalue weighted by Gasteiger charge is -2.10. The third kappa shape index (κ3) is 3.80. The maximum absolute atomic E-state index is 11.8. The first kappa shape index (κ1) is 16.8. The number of benzene rings is 1. The highest BCUT2D eigenvalue weighted by Crippen LogP contribution is 2.35. The minimum Gasteiger partial charge on any atom is -0.493 e. The molecular formula is C14H13IN2O4S. The van der Waals surface area contributed by atoms with Crippen LogP contribution in [0.4, 0.5) is 0 Å². The van der Waals surface area contributed by atoms with Crippen molar-refractivity contribution in [3.8, 4) is 11.5 Å². The summed E-state index contributed by atoms with van der Waals surface area (Å²) in [7, 11) is 3.13. The van der Waals surface area contributed by atoms with E-state index < -0.39 is 0 Å². The van der Waals surface area contributed by atoms with Crippen LogP contribution < -0.4 is 14.8 Å². The number of carbonyl (C=O) groups is 2. The summed E-state index contributed by atoms with van der Waals surface area (Å²) in [5.74, 6) is 0.588. The Morgan fingerprint density at radius 2 is 2.09 bits per heavy atom. The average Bonchev–Trinajstić information content (AvgIpc) is 2.77. The number of hydrogen-bond donors (Lipinski definition) is 1. The van der Waals surface area contributed by atoms with Crippen LogP contribution in [0.2, 0.25) is 0 Å². The molecule has 116 valence electrons. The molecule has 1 aliphatic heterocycles.